The Labute approximate surface area is 307 Å². The van der Waals surface area contributed by atoms with Gasteiger partial charge in [0.2, 0.25) is 6.54 Å². The molecule has 10 nitrogen and oxygen atoms in total. The quantitative estimate of drug-likeness (QED) is 0.228. The molecule has 0 unspecified atom stereocenters. The largest absolute Gasteiger partial charge is 0.462 e. The Morgan fingerprint density at radius 3 is 2.59 bits per heavy atom. The second kappa shape index (κ2) is 17.1. The van der Waals surface area contributed by atoms with E-state index in [-0.39, 0.29) is 40.1 Å². The summed E-state index contributed by atoms with van der Waals surface area (Å²) in [5.74, 6) is -0.687. The predicted molar refractivity (Wildman–Crippen MR) is 205 cm³/mol. The Hall–Kier alpha value is -3.28. The number of carbonyl (C=O) groups excluding carboxylic acids is 1. The highest BCUT2D eigenvalue weighted by molar-refractivity contribution is 7.59. The van der Waals surface area contributed by atoms with Gasteiger partial charge in [0.15, 0.2) is 5.83 Å². The zero-order chi connectivity index (χ0) is 33.1. The third-order valence-electron chi connectivity index (χ3n) is 9.46. The summed E-state index contributed by atoms with van der Waals surface area (Å²) in [4.78, 5) is 36.7. The van der Waals surface area contributed by atoms with Crippen molar-refractivity contribution in [2.24, 2.45) is 0 Å². The molecular weight excluding hydrogens is 683 g/mol. The molecule has 4 heterocycles. The van der Waals surface area contributed by atoms with Gasteiger partial charge in [-0.05, 0) is 70.5 Å². The number of hydrogen-bond acceptors (Lipinski definition) is 8. The van der Waals surface area contributed by atoms with Gasteiger partial charge in [0.05, 0.1) is 17.3 Å². The molecule has 14 heteroatoms. The van der Waals surface area contributed by atoms with Crippen LogP contribution in [0, 0.1) is 6.57 Å². The highest BCUT2D eigenvalue weighted by atomic mass is 35.5. The molecule has 0 saturated carbocycles. The number of amides is 1. The van der Waals surface area contributed by atoms with Crippen LogP contribution in [0.25, 0.3) is 15.6 Å². The number of benzene rings is 2. The van der Waals surface area contributed by atoms with E-state index in [1.807, 2.05) is 26.2 Å². The van der Waals surface area contributed by atoms with E-state index in [4.69, 9.17) is 32.9 Å². The first-order valence-corrected chi connectivity index (χ1v) is 16.7. The van der Waals surface area contributed by atoms with Crippen LogP contribution >= 0.6 is 38.6 Å². The van der Waals surface area contributed by atoms with Gasteiger partial charge in [0, 0.05) is 55.4 Å². The number of rotatable bonds is 9. The lowest BCUT2D eigenvalue weighted by atomic mass is 10.0. The normalized spacial score (nSPS) is 19.7. The molecule has 0 spiro atoms. The number of hydrogen-bond donors (Lipinski definition) is 0. The first-order chi connectivity index (χ1) is 22.7. The van der Waals surface area contributed by atoms with E-state index in [0.717, 1.165) is 59.5 Å². The standard InChI is InChI=1S/C35H42ClFN8O2.2H2S/c1-38-20-26-21-44(18-19-45(26)34(46)29(37)14-16-41(2)3)33-27-13-17-43(31-12-6-9-24-8-5-11-28(36)32(24)31)22-30(27)39-35(40-33)47-23-25-10-7-15-42(25)4;;/h5-6,8-9,11-12,14,25-26H,7,10,13,15-23H2,2-4H3;2*1H2/b29-14+;;/t25-,26-;;/m0../s1. The van der Waals surface area contributed by atoms with E-state index >= 15 is 0 Å². The van der Waals surface area contributed by atoms with Gasteiger partial charge in [0.1, 0.15) is 18.5 Å². The fourth-order valence-corrected chi connectivity index (χ4v) is 7.16. The zero-order valence-electron chi connectivity index (χ0n) is 28.3. The average Bonchev–Trinajstić information content (AvgIpc) is 3.49. The van der Waals surface area contributed by atoms with Gasteiger partial charge in [-0.3, -0.25) is 4.79 Å². The van der Waals surface area contributed by atoms with Crippen molar-refractivity contribution < 1.29 is 13.9 Å². The Morgan fingerprint density at radius 2 is 1.88 bits per heavy atom. The minimum absolute atomic E-state index is 0. The maximum Gasteiger partial charge on any atom is 0.318 e. The van der Waals surface area contributed by atoms with Crippen molar-refractivity contribution in [2.75, 3.05) is 83.4 Å². The summed E-state index contributed by atoms with van der Waals surface area (Å²) in [6, 6.07) is 12.3. The number of anilines is 2. The molecule has 264 valence electrons. The second-order valence-corrected chi connectivity index (χ2v) is 13.3. The van der Waals surface area contributed by atoms with Crippen LogP contribution in [0.3, 0.4) is 0 Å². The summed E-state index contributed by atoms with van der Waals surface area (Å²) in [6.45, 7) is 11.9. The summed E-state index contributed by atoms with van der Waals surface area (Å²) >= 11 is 6.71. The number of nitrogens with zero attached hydrogens (tertiary/aromatic N) is 8. The molecule has 49 heavy (non-hydrogen) atoms. The molecule has 0 N–H and O–H groups in total. The Morgan fingerprint density at radius 1 is 1.10 bits per heavy atom. The highest BCUT2D eigenvalue weighted by Crippen LogP contribution is 2.37. The molecule has 2 aromatic carbocycles. The molecule has 2 atom stereocenters. The Bertz CT molecular complexity index is 1700. The maximum absolute atomic E-state index is 14.9. The van der Waals surface area contributed by atoms with Gasteiger partial charge in [-0.25, -0.2) is 11.0 Å². The molecule has 3 aromatic rings. The molecule has 0 bridgehead atoms. The van der Waals surface area contributed by atoms with E-state index in [9.17, 15) is 9.18 Å². The van der Waals surface area contributed by atoms with Crippen LogP contribution in [-0.4, -0.2) is 116 Å². The van der Waals surface area contributed by atoms with Crippen LogP contribution in [0.1, 0.15) is 24.1 Å². The smallest absolute Gasteiger partial charge is 0.318 e. The molecule has 2 fully saturated rings. The number of likely N-dealkylation sites (N-methyl/N-ethyl adjacent to an activating group) is 2. The third-order valence-corrected chi connectivity index (χ3v) is 9.77. The SMILES string of the molecule is S.S.[C-]#[N+]C[C@H]1CN(c2nc(OC[C@@H]3CCCN3C)nc3c2CCN(c2cccc4cccc(Cl)c24)C3)CCN1C(=O)/C(F)=C\CN(C)C. The molecule has 3 aliphatic heterocycles. The van der Waals surface area contributed by atoms with Gasteiger partial charge in [-0.15, -0.1) is 0 Å². The van der Waals surface area contributed by atoms with Crippen molar-refractivity contribution in [1.29, 1.82) is 0 Å². The van der Waals surface area contributed by atoms with E-state index in [2.05, 4.69) is 50.9 Å². The maximum atomic E-state index is 14.9. The van der Waals surface area contributed by atoms with Gasteiger partial charge in [-0.2, -0.15) is 37.0 Å². The molecule has 1 aromatic heterocycles. The number of piperazine rings is 1. The van der Waals surface area contributed by atoms with E-state index in [1.165, 1.54) is 11.0 Å². The van der Waals surface area contributed by atoms with Gasteiger partial charge in [0.25, 0.3) is 5.91 Å². The fraction of sp³-hybridized carbons (Fsp3) is 0.486. The number of aromatic nitrogens is 2. The van der Waals surface area contributed by atoms with Crippen LogP contribution in [0.15, 0.2) is 48.3 Å². The Balaban J connectivity index is 0.00000270. The number of ether oxygens (including phenoxy) is 1. The topological polar surface area (TPSA) is 72.6 Å². The number of carbonyl (C=O) groups is 1. The number of fused-ring (bicyclic) bond motifs is 2. The summed E-state index contributed by atoms with van der Waals surface area (Å²) in [5.41, 5.74) is 2.98. The lowest BCUT2D eigenvalue weighted by molar-refractivity contribution is -0.131. The van der Waals surface area contributed by atoms with E-state index in [0.29, 0.717) is 56.3 Å². The fourth-order valence-electron chi connectivity index (χ4n) is 6.88. The number of halogens is 2. The first kappa shape index (κ1) is 38.5. The van der Waals surface area contributed by atoms with Crippen molar-refractivity contribution in [3.05, 3.63) is 76.0 Å². The monoisotopic (exact) mass is 728 g/mol. The van der Waals surface area contributed by atoms with Crippen molar-refractivity contribution in [3.8, 4) is 6.01 Å². The van der Waals surface area contributed by atoms with Crippen molar-refractivity contribution in [2.45, 2.75) is 37.9 Å². The van der Waals surface area contributed by atoms with Gasteiger partial charge >= 0.3 is 6.01 Å². The van der Waals surface area contributed by atoms with Crippen LogP contribution in [0.2, 0.25) is 5.02 Å². The molecule has 6 rings (SSSR count). The Kier molecular flexibility index (Phi) is 13.4. The number of likely N-dealkylation sites (tertiary alicyclic amines) is 1. The second-order valence-electron chi connectivity index (χ2n) is 12.9. The van der Waals surface area contributed by atoms with E-state index in [1.54, 1.807) is 4.90 Å². The summed E-state index contributed by atoms with van der Waals surface area (Å²) in [7, 11) is 5.75. The predicted octanol–water partition coefficient (Wildman–Crippen LogP) is 4.90. The molecule has 0 aliphatic carbocycles. The highest BCUT2D eigenvalue weighted by Gasteiger charge is 2.37. The first-order valence-electron chi connectivity index (χ1n) is 16.3. The van der Waals surface area contributed by atoms with Crippen molar-refractivity contribution in [3.63, 3.8) is 0 Å². The summed E-state index contributed by atoms with van der Waals surface area (Å²) < 4.78 is 21.2. The molecular formula is C35H46ClFN8O2S2. The molecule has 0 radical (unpaired) electrons. The van der Waals surface area contributed by atoms with Crippen molar-refractivity contribution >= 4 is 66.8 Å². The molecule has 1 amide bonds. The van der Waals surface area contributed by atoms with Crippen LogP contribution in [0.5, 0.6) is 6.01 Å². The third kappa shape index (κ3) is 8.55. The zero-order valence-corrected chi connectivity index (χ0v) is 31.1. The van der Waals surface area contributed by atoms with Crippen LogP contribution < -0.4 is 14.5 Å². The van der Waals surface area contributed by atoms with Crippen molar-refractivity contribution in [1.82, 2.24) is 24.7 Å². The minimum atomic E-state index is -0.789. The summed E-state index contributed by atoms with van der Waals surface area (Å²) in [6.07, 6.45) is 4.20. The van der Waals surface area contributed by atoms with Gasteiger partial charge < -0.3 is 34.1 Å². The average molecular weight is 729 g/mol. The van der Waals surface area contributed by atoms with Crippen LogP contribution in [0.4, 0.5) is 15.9 Å². The van der Waals surface area contributed by atoms with Gasteiger partial charge in [-0.1, -0.05) is 35.9 Å². The lowest BCUT2D eigenvalue weighted by Gasteiger charge is -2.41. The van der Waals surface area contributed by atoms with E-state index < -0.39 is 17.8 Å². The lowest BCUT2D eigenvalue weighted by Crippen LogP contribution is -2.57. The summed E-state index contributed by atoms with van der Waals surface area (Å²) in [5, 5.41) is 2.81. The minimum Gasteiger partial charge on any atom is -0.462 e. The molecule has 3 aliphatic rings. The molecule has 2 saturated heterocycles. The van der Waals surface area contributed by atoms with Crippen LogP contribution in [-0.2, 0) is 17.8 Å².